The minimum Gasteiger partial charge on any atom is -0.485 e. The molecule has 2 rings (SSSR count). The SMILES string of the molecule is CCCn1ncnc1COc1ccc(F)cc1[C@@H](C)O. The summed E-state index contributed by atoms with van der Waals surface area (Å²) in [7, 11) is 0. The lowest BCUT2D eigenvalue weighted by Gasteiger charge is -2.13. The predicted octanol–water partition coefficient (Wildman–Crippen LogP) is 2.46. The molecular weight excluding hydrogens is 261 g/mol. The van der Waals surface area contributed by atoms with Gasteiger partial charge in [0.15, 0.2) is 5.82 Å². The Morgan fingerprint density at radius 3 is 2.95 bits per heavy atom. The van der Waals surface area contributed by atoms with Crippen molar-refractivity contribution in [3.63, 3.8) is 0 Å². The average molecular weight is 279 g/mol. The summed E-state index contributed by atoms with van der Waals surface area (Å²) >= 11 is 0. The number of hydrogen-bond donors (Lipinski definition) is 1. The number of aliphatic hydroxyl groups is 1. The van der Waals surface area contributed by atoms with Crippen LogP contribution in [0.1, 0.15) is 37.8 Å². The monoisotopic (exact) mass is 279 g/mol. The van der Waals surface area contributed by atoms with Gasteiger partial charge in [0.25, 0.3) is 0 Å². The van der Waals surface area contributed by atoms with Crippen molar-refractivity contribution < 1.29 is 14.2 Å². The summed E-state index contributed by atoms with van der Waals surface area (Å²) in [6.45, 7) is 4.62. The molecule has 0 bridgehead atoms. The van der Waals surface area contributed by atoms with Crippen LogP contribution in [0.5, 0.6) is 5.75 Å². The summed E-state index contributed by atoms with van der Waals surface area (Å²) in [6, 6.07) is 4.09. The number of aliphatic hydroxyl groups excluding tert-OH is 1. The van der Waals surface area contributed by atoms with Crippen molar-refractivity contribution in [3.05, 3.63) is 41.7 Å². The molecule has 0 aliphatic rings. The van der Waals surface area contributed by atoms with Gasteiger partial charge in [-0.25, -0.2) is 14.1 Å². The molecule has 1 heterocycles. The molecule has 0 spiro atoms. The second-order valence-corrected chi connectivity index (χ2v) is 4.55. The minimum absolute atomic E-state index is 0.228. The van der Waals surface area contributed by atoms with Gasteiger partial charge in [-0.1, -0.05) is 6.92 Å². The fraction of sp³-hybridized carbons (Fsp3) is 0.429. The first-order chi connectivity index (χ1) is 9.61. The molecule has 1 atom stereocenters. The molecule has 108 valence electrons. The summed E-state index contributed by atoms with van der Waals surface area (Å²) in [5.41, 5.74) is 0.423. The lowest BCUT2D eigenvalue weighted by atomic mass is 10.1. The summed E-state index contributed by atoms with van der Waals surface area (Å²) < 4.78 is 20.6. The first kappa shape index (κ1) is 14.5. The third-order valence-corrected chi connectivity index (χ3v) is 2.91. The maximum Gasteiger partial charge on any atom is 0.164 e. The molecule has 0 saturated heterocycles. The Morgan fingerprint density at radius 2 is 2.25 bits per heavy atom. The zero-order valence-corrected chi connectivity index (χ0v) is 11.6. The number of hydrogen-bond acceptors (Lipinski definition) is 4. The van der Waals surface area contributed by atoms with E-state index in [9.17, 15) is 9.50 Å². The van der Waals surface area contributed by atoms with Crippen molar-refractivity contribution >= 4 is 0 Å². The zero-order chi connectivity index (χ0) is 14.5. The maximum atomic E-state index is 13.2. The molecule has 0 saturated carbocycles. The molecule has 0 aliphatic carbocycles. The Balaban J connectivity index is 2.12. The lowest BCUT2D eigenvalue weighted by Crippen LogP contribution is -2.09. The molecule has 0 unspecified atom stereocenters. The fourth-order valence-corrected chi connectivity index (χ4v) is 1.92. The number of rotatable bonds is 6. The lowest BCUT2D eigenvalue weighted by molar-refractivity contribution is 0.188. The van der Waals surface area contributed by atoms with Crippen molar-refractivity contribution in [2.24, 2.45) is 0 Å². The van der Waals surface area contributed by atoms with Gasteiger partial charge in [0.1, 0.15) is 24.5 Å². The molecule has 0 amide bonds. The summed E-state index contributed by atoms with van der Waals surface area (Å²) in [6.07, 6.45) is 1.63. The van der Waals surface area contributed by atoms with Crippen molar-refractivity contribution in [2.45, 2.75) is 39.5 Å². The standard InChI is InChI=1S/C14H18FN3O2/c1-3-6-18-14(16-9-17-18)8-20-13-5-4-11(15)7-12(13)10(2)19/h4-5,7,9-10,19H,3,6,8H2,1-2H3/t10-/m1/s1. The van der Waals surface area contributed by atoms with Gasteiger partial charge >= 0.3 is 0 Å². The minimum atomic E-state index is -0.797. The Kier molecular flexibility index (Phi) is 4.68. The van der Waals surface area contributed by atoms with Crippen molar-refractivity contribution in [3.8, 4) is 5.75 Å². The number of benzene rings is 1. The second-order valence-electron chi connectivity index (χ2n) is 4.55. The van der Waals surface area contributed by atoms with E-state index in [0.29, 0.717) is 17.1 Å². The molecule has 20 heavy (non-hydrogen) atoms. The van der Waals surface area contributed by atoms with E-state index in [-0.39, 0.29) is 6.61 Å². The van der Waals surface area contributed by atoms with Gasteiger partial charge in [0, 0.05) is 12.1 Å². The largest absolute Gasteiger partial charge is 0.485 e. The second kappa shape index (κ2) is 6.47. The van der Waals surface area contributed by atoms with Crippen LogP contribution in [-0.4, -0.2) is 19.9 Å². The summed E-state index contributed by atoms with van der Waals surface area (Å²) in [5.74, 6) is 0.752. The van der Waals surface area contributed by atoms with E-state index in [0.717, 1.165) is 13.0 Å². The van der Waals surface area contributed by atoms with E-state index in [1.54, 1.807) is 11.6 Å². The Hall–Kier alpha value is -1.95. The molecule has 5 nitrogen and oxygen atoms in total. The highest BCUT2D eigenvalue weighted by atomic mass is 19.1. The van der Waals surface area contributed by atoms with Crippen LogP contribution in [-0.2, 0) is 13.2 Å². The van der Waals surface area contributed by atoms with Crippen LogP contribution in [0.25, 0.3) is 0 Å². The van der Waals surface area contributed by atoms with Crippen LogP contribution in [0.3, 0.4) is 0 Å². The maximum absolute atomic E-state index is 13.2. The van der Waals surface area contributed by atoms with Crippen LogP contribution in [0.2, 0.25) is 0 Å². The molecule has 1 N–H and O–H groups in total. The van der Waals surface area contributed by atoms with Gasteiger partial charge in [0.2, 0.25) is 0 Å². The molecule has 0 radical (unpaired) electrons. The fourth-order valence-electron chi connectivity index (χ4n) is 1.92. The van der Waals surface area contributed by atoms with E-state index >= 15 is 0 Å². The van der Waals surface area contributed by atoms with E-state index in [1.807, 2.05) is 0 Å². The smallest absolute Gasteiger partial charge is 0.164 e. The van der Waals surface area contributed by atoms with Gasteiger partial charge in [0.05, 0.1) is 6.10 Å². The van der Waals surface area contributed by atoms with E-state index in [2.05, 4.69) is 17.0 Å². The zero-order valence-electron chi connectivity index (χ0n) is 11.6. The normalized spacial score (nSPS) is 12.4. The van der Waals surface area contributed by atoms with Crippen LogP contribution in [0, 0.1) is 5.82 Å². The Labute approximate surface area is 117 Å². The highest BCUT2D eigenvalue weighted by molar-refractivity contribution is 5.35. The number of nitrogens with zero attached hydrogens (tertiary/aromatic N) is 3. The molecular formula is C14H18FN3O2. The van der Waals surface area contributed by atoms with E-state index < -0.39 is 11.9 Å². The first-order valence-corrected chi connectivity index (χ1v) is 6.58. The number of aryl methyl sites for hydroxylation is 1. The third-order valence-electron chi connectivity index (χ3n) is 2.91. The summed E-state index contributed by atoms with van der Waals surface area (Å²) in [4.78, 5) is 4.13. The molecule has 2 aromatic rings. The first-order valence-electron chi connectivity index (χ1n) is 6.58. The van der Waals surface area contributed by atoms with E-state index in [1.165, 1.54) is 24.5 Å². The number of halogens is 1. The van der Waals surface area contributed by atoms with Gasteiger partial charge in [-0.3, -0.25) is 0 Å². The Bertz CT molecular complexity index is 569. The van der Waals surface area contributed by atoms with Crippen LogP contribution in [0.15, 0.2) is 24.5 Å². The third kappa shape index (κ3) is 3.33. The molecule has 1 aromatic heterocycles. The van der Waals surface area contributed by atoms with Gasteiger partial charge in [-0.05, 0) is 31.5 Å². The quantitative estimate of drug-likeness (QED) is 0.882. The summed E-state index contributed by atoms with van der Waals surface area (Å²) in [5, 5.41) is 13.8. The van der Waals surface area contributed by atoms with Crippen molar-refractivity contribution in [1.82, 2.24) is 14.8 Å². The van der Waals surface area contributed by atoms with E-state index in [4.69, 9.17) is 4.74 Å². The highest BCUT2D eigenvalue weighted by Crippen LogP contribution is 2.26. The van der Waals surface area contributed by atoms with Gasteiger partial charge in [-0.15, -0.1) is 0 Å². The van der Waals surface area contributed by atoms with Crippen LogP contribution in [0.4, 0.5) is 4.39 Å². The highest BCUT2D eigenvalue weighted by Gasteiger charge is 2.12. The molecule has 6 heteroatoms. The number of ether oxygens (including phenoxy) is 1. The molecule has 1 aromatic carbocycles. The van der Waals surface area contributed by atoms with Gasteiger partial charge in [-0.2, -0.15) is 5.10 Å². The number of aromatic nitrogens is 3. The average Bonchev–Trinajstić information content (AvgIpc) is 2.85. The molecule has 0 aliphatic heterocycles. The molecule has 0 fully saturated rings. The van der Waals surface area contributed by atoms with Crippen molar-refractivity contribution in [2.75, 3.05) is 0 Å². The topological polar surface area (TPSA) is 60.2 Å². The Morgan fingerprint density at radius 1 is 1.45 bits per heavy atom. The van der Waals surface area contributed by atoms with Crippen LogP contribution >= 0.6 is 0 Å². The van der Waals surface area contributed by atoms with Crippen LogP contribution < -0.4 is 4.74 Å². The van der Waals surface area contributed by atoms with Crippen molar-refractivity contribution in [1.29, 1.82) is 0 Å². The van der Waals surface area contributed by atoms with Gasteiger partial charge < -0.3 is 9.84 Å². The predicted molar refractivity (Wildman–Crippen MR) is 71.7 cm³/mol.